The van der Waals surface area contributed by atoms with E-state index in [-0.39, 0.29) is 12.4 Å². The van der Waals surface area contributed by atoms with Gasteiger partial charge in [0.05, 0.1) is 24.6 Å². The van der Waals surface area contributed by atoms with Crippen LogP contribution in [0.1, 0.15) is 25.3 Å². The monoisotopic (exact) mass is 263 g/mol. The maximum absolute atomic E-state index is 11.2. The standard InChI is InChI=1S/C13H17N3O3/c1-8(17)13-15-10-7-9(14)3-4-11(10)16(13)6-5-12(18)19-2/h3-4,7-8,17H,5-6,14H2,1-2H3. The minimum atomic E-state index is -0.716. The number of carbonyl (C=O) groups excluding carboxylic acids is 1. The summed E-state index contributed by atoms with van der Waals surface area (Å²) in [4.78, 5) is 15.6. The number of rotatable bonds is 4. The lowest BCUT2D eigenvalue weighted by atomic mass is 10.3. The van der Waals surface area contributed by atoms with E-state index in [0.29, 0.717) is 23.6 Å². The highest BCUT2D eigenvalue weighted by Gasteiger charge is 2.15. The van der Waals surface area contributed by atoms with Gasteiger partial charge in [-0.15, -0.1) is 0 Å². The zero-order valence-electron chi connectivity index (χ0n) is 11.0. The number of aliphatic hydroxyl groups is 1. The lowest BCUT2D eigenvalue weighted by Crippen LogP contribution is -2.11. The Balaban J connectivity index is 2.43. The lowest BCUT2D eigenvalue weighted by molar-refractivity contribution is -0.140. The zero-order valence-corrected chi connectivity index (χ0v) is 11.0. The number of imidazole rings is 1. The summed E-state index contributed by atoms with van der Waals surface area (Å²) in [5.74, 6) is 0.221. The highest BCUT2D eigenvalue weighted by molar-refractivity contribution is 5.80. The Hall–Kier alpha value is -2.08. The molecule has 0 aliphatic heterocycles. The second kappa shape index (κ2) is 5.27. The van der Waals surface area contributed by atoms with Gasteiger partial charge in [0.25, 0.3) is 0 Å². The number of hydrogen-bond acceptors (Lipinski definition) is 5. The van der Waals surface area contributed by atoms with Crippen LogP contribution in [0, 0.1) is 0 Å². The van der Waals surface area contributed by atoms with Crippen molar-refractivity contribution in [3.8, 4) is 0 Å². The molecule has 19 heavy (non-hydrogen) atoms. The number of nitrogens with zero attached hydrogens (tertiary/aromatic N) is 2. The van der Waals surface area contributed by atoms with Crippen molar-refractivity contribution >= 4 is 22.7 Å². The van der Waals surface area contributed by atoms with Gasteiger partial charge in [0.1, 0.15) is 11.9 Å². The summed E-state index contributed by atoms with van der Waals surface area (Å²) in [6, 6.07) is 5.35. The molecular formula is C13H17N3O3. The first kappa shape index (κ1) is 13.4. The maximum Gasteiger partial charge on any atom is 0.307 e. The fraction of sp³-hybridized carbons (Fsp3) is 0.385. The average molecular weight is 263 g/mol. The Morgan fingerprint density at radius 3 is 2.95 bits per heavy atom. The Morgan fingerprint density at radius 1 is 1.58 bits per heavy atom. The first-order valence-corrected chi connectivity index (χ1v) is 6.03. The van der Waals surface area contributed by atoms with E-state index in [1.807, 2.05) is 10.6 Å². The van der Waals surface area contributed by atoms with E-state index in [2.05, 4.69) is 9.72 Å². The number of hydrogen-bond donors (Lipinski definition) is 2. The van der Waals surface area contributed by atoms with Gasteiger partial charge in [0, 0.05) is 12.2 Å². The fourth-order valence-electron chi connectivity index (χ4n) is 2.02. The number of aryl methyl sites for hydroxylation is 1. The highest BCUT2D eigenvalue weighted by Crippen LogP contribution is 2.23. The Kier molecular flexibility index (Phi) is 3.71. The van der Waals surface area contributed by atoms with Crippen molar-refractivity contribution in [1.29, 1.82) is 0 Å². The van der Waals surface area contributed by atoms with E-state index in [9.17, 15) is 9.90 Å². The summed E-state index contributed by atoms with van der Waals surface area (Å²) in [5.41, 5.74) is 7.88. The van der Waals surface area contributed by atoms with E-state index < -0.39 is 6.10 Å². The van der Waals surface area contributed by atoms with Crippen molar-refractivity contribution < 1.29 is 14.6 Å². The molecule has 0 aliphatic rings. The molecule has 1 atom stereocenters. The van der Waals surface area contributed by atoms with Crippen LogP contribution in [0.2, 0.25) is 0 Å². The van der Waals surface area contributed by atoms with Crippen LogP contribution in [-0.2, 0) is 16.1 Å². The van der Waals surface area contributed by atoms with Crippen LogP contribution in [0.4, 0.5) is 5.69 Å². The molecule has 0 fully saturated rings. The molecular weight excluding hydrogens is 246 g/mol. The second-order valence-electron chi connectivity index (χ2n) is 4.37. The molecule has 0 aliphatic carbocycles. The number of nitrogens with two attached hydrogens (primary N) is 1. The van der Waals surface area contributed by atoms with Gasteiger partial charge in [-0.3, -0.25) is 4.79 Å². The first-order chi connectivity index (χ1) is 9.02. The molecule has 6 nitrogen and oxygen atoms in total. The third-order valence-corrected chi connectivity index (χ3v) is 2.94. The molecule has 2 aromatic rings. The molecule has 1 unspecified atom stereocenters. The second-order valence-corrected chi connectivity index (χ2v) is 4.37. The molecule has 3 N–H and O–H groups in total. The molecule has 1 aromatic heterocycles. The third kappa shape index (κ3) is 2.68. The molecule has 6 heteroatoms. The number of aliphatic hydroxyl groups excluding tert-OH is 1. The summed E-state index contributed by atoms with van der Waals surface area (Å²) in [6.45, 7) is 2.05. The third-order valence-electron chi connectivity index (χ3n) is 2.94. The van der Waals surface area contributed by atoms with Crippen LogP contribution >= 0.6 is 0 Å². The van der Waals surface area contributed by atoms with E-state index >= 15 is 0 Å². The number of esters is 1. The normalized spacial score (nSPS) is 12.6. The van der Waals surface area contributed by atoms with Gasteiger partial charge in [-0.2, -0.15) is 0 Å². The largest absolute Gasteiger partial charge is 0.469 e. The van der Waals surface area contributed by atoms with Crippen molar-refractivity contribution in [2.75, 3.05) is 12.8 Å². The van der Waals surface area contributed by atoms with Gasteiger partial charge >= 0.3 is 5.97 Å². The smallest absolute Gasteiger partial charge is 0.307 e. The van der Waals surface area contributed by atoms with Crippen molar-refractivity contribution in [3.05, 3.63) is 24.0 Å². The van der Waals surface area contributed by atoms with Gasteiger partial charge in [-0.25, -0.2) is 4.98 Å². The number of benzene rings is 1. The predicted molar refractivity (Wildman–Crippen MR) is 71.4 cm³/mol. The number of ether oxygens (including phenoxy) is 1. The van der Waals surface area contributed by atoms with Gasteiger partial charge in [0.2, 0.25) is 0 Å². The Labute approximate surface area is 110 Å². The SMILES string of the molecule is COC(=O)CCn1c(C(C)O)nc2cc(N)ccc21. The number of methoxy groups -OCH3 is 1. The molecule has 0 amide bonds. The summed E-state index contributed by atoms with van der Waals surface area (Å²) in [5, 5.41) is 9.77. The van der Waals surface area contributed by atoms with Gasteiger partial charge in [-0.05, 0) is 25.1 Å². The minimum Gasteiger partial charge on any atom is -0.469 e. The Morgan fingerprint density at radius 2 is 2.32 bits per heavy atom. The average Bonchev–Trinajstić information content (AvgIpc) is 2.73. The molecule has 1 heterocycles. The van der Waals surface area contributed by atoms with Crippen molar-refractivity contribution in [3.63, 3.8) is 0 Å². The Bertz CT molecular complexity index is 604. The quantitative estimate of drug-likeness (QED) is 0.639. The van der Waals surface area contributed by atoms with Crippen LogP contribution in [0.25, 0.3) is 11.0 Å². The van der Waals surface area contributed by atoms with Gasteiger partial charge in [-0.1, -0.05) is 0 Å². The number of carbonyl (C=O) groups is 1. The van der Waals surface area contributed by atoms with E-state index in [0.717, 1.165) is 5.52 Å². The molecule has 0 radical (unpaired) electrons. The maximum atomic E-state index is 11.2. The minimum absolute atomic E-state index is 0.228. The van der Waals surface area contributed by atoms with E-state index in [1.165, 1.54) is 7.11 Å². The number of nitrogen functional groups attached to an aromatic ring is 1. The van der Waals surface area contributed by atoms with Crippen LogP contribution in [0.15, 0.2) is 18.2 Å². The van der Waals surface area contributed by atoms with Crippen LogP contribution in [0.3, 0.4) is 0 Å². The topological polar surface area (TPSA) is 90.4 Å². The highest BCUT2D eigenvalue weighted by atomic mass is 16.5. The van der Waals surface area contributed by atoms with Gasteiger partial charge in [0.15, 0.2) is 0 Å². The molecule has 0 spiro atoms. The zero-order chi connectivity index (χ0) is 14.0. The molecule has 0 saturated carbocycles. The number of anilines is 1. The molecule has 0 saturated heterocycles. The number of fused-ring (bicyclic) bond motifs is 1. The number of aromatic nitrogens is 2. The first-order valence-electron chi connectivity index (χ1n) is 6.03. The fourth-order valence-corrected chi connectivity index (χ4v) is 2.02. The molecule has 102 valence electrons. The van der Waals surface area contributed by atoms with Crippen molar-refractivity contribution in [2.24, 2.45) is 0 Å². The summed E-state index contributed by atoms with van der Waals surface area (Å²) in [6.07, 6.45) is -0.488. The lowest BCUT2D eigenvalue weighted by Gasteiger charge is -2.10. The molecule has 1 aromatic carbocycles. The van der Waals surface area contributed by atoms with E-state index in [4.69, 9.17) is 5.73 Å². The molecule has 0 bridgehead atoms. The van der Waals surface area contributed by atoms with Crippen LogP contribution < -0.4 is 5.73 Å². The van der Waals surface area contributed by atoms with Gasteiger partial charge < -0.3 is 20.1 Å². The predicted octanol–water partition coefficient (Wildman–Crippen LogP) is 1.23. The van der Waals surface area contributed by atoms with Crippen molar-refractivity contribution in [2.45, 2.75) is 26.0 Å². The summed E-state index contributed by atoms with van der Waals surface area (Å²) >= 11 is 0. The van der Waals surface area contributed by atoms with Crippen LogP contribution in [-0.4, -0.2) is 27.7 Å². The van der Waals surface area contributed by atoms with E-state index in [1.54, 1.807) is 19.1 Å². The summed E-state index contributed by atoms with van der Waals surface area (Å²) in [7, 11) is 1.35. The molecule has 2 rings (SSSR count). The summed E-state index contributed by atoms with van der Waals surface area (Å²) < 4.78 is 6.44. The van der Waals surface area contributed by atoms with Crippen LogP contribution in [0.5, 0.6) is 0 Å². The van der Waals surface area contributed by atoms with Crippen molar-refractivity contribution in [1.82, 2.24) is 9.55 Å².